The van der Waals surface area contributed by atoms with Gasteiger partial charge in [0.1, 0.15) is 0 Å². The molecule has 23 heavy (non-hydrogen) atoms. The lowest BCUT2D eigenvalue weighted by molar-refractivity contribution is 0.0691. The highest BCUT2D eigenvalue weighted by Gasteiger charge is 2.01. The quantitative estimate of drug-likeness (QED) is 0.731. The summed E-state index contributed by atoms with van der Waals surface area (Å²) in [7, 11) is 0. The Morgan fingerprint density at radius 3 is 2.52 bits per heavy atom. The van der Waals surface area contributed by atoms with Gasteiger partial charge in [-0.25, -0.2) is 9.97 Å². The molecule has 1 N–H and O–H groups in total. The van der Waals surface area contributed by atoms with E-state index in [4.69, 9.17) is 4.74 Å². The molecule has 1 aromatic carbocycles. The number of unbranched alkanes of at least 4 members (excludes halogenated alkanes) is 1. The van der Waals surface area contributed by atoms with Crippen LogP contribution in [0, 0.1) is 0 Å². The first-order valence-corrected chi connectivity index (χ1v) is 8.08. The van der Waals surface area contributed by atoms with Gasteiger partial charge in [-0.05, 0) is 38.7 Å². The molecule has 1 heterocycles. The van der Waals surface area contributed by atoms with Crippen molar-refractivity contribution < 1.29 is 9.84 Å². The zero-order valence-corrected chi connectivity index (χ0v) is 13.8. The highest BCUT2D eigenvalue weighted by atomic mass is 16.5. The molecule has 0 radical (unpaired) electrons. The van der Waals surface area contributed by atoms with E-state index in [0.717, 1.165) is 37.0 Å². The number of hydrogen-bond donors (Lipinski definition) is 1. The van der Waals surface area contributed by atoms with E-state index in [1.165, 1.54) is 12.4 Å². The van der Waals surface area contributed by atoms with Crippen LogP contribution in [-0.2, 0) is 4.74 Å². The molecule has 4 nitrogen and oxygen atoms in total. The topological polar surface area (TPSA) is 55.2 Å². The van der Waals surface area contributed by atoms with Crippen LogP contribution in [0.3, 0.4) is 0 Å². The van der Waals surface area contributed by atoms with E-state index in [9.17, 15) is 5.11 Å². The fourth-order valence-electron chi connectivity index (χ4n) is 2.32. The maximum Gasteiger partial charge on any atom is 0.159 e. The molecule has 122 valence electrons. The lowest BCUT2D eigenvalue weighted by Crippen LogP contribution is -2.06. The van der Waals surface area contributed by atoms with Gasteiger partial charge < -0.3 is 9.84 Å². The summed E-state index contributed by atoms with van der Waals surface area (Å²) in [6.07, 6.45) is 10.8. The third-order valence-electron chi connectivity index (χ3n) is 3.55. The molecule has 0 saturated heterocycles. The van der Waals surface area contributed by atoms with Gasteiger partial charge in [0.15, 0.2) is 11.6 Å². The van der Waals surface area contributed by atoms with Crippen LogP contribution in [0.2, 0.25) is 0 Å². The van der Waals surface area contributed by atoms with Gasteiger partial charge in [0.2, 0.25) is 0 Å². The average molecular weight is 312 g/mol. The first-order valence-electron chi connectivity index (χ1n) is 8.08. The maximum atomic E-state index is 9.21. The summed E-state index contributed by atoms with van der Waals surface area (Å²) in [5, 5.41) is 9.21. The van der Waals surface area contributed by atoms with Gasteiger partial charge in [0.05, 0.1) is 18.5 Å². The molecule has 0 fully saturated rings. The lowest BCUT2D eigenvalue weighted by Gasteiger charge is -2.09. The summed E-state index contributed by atoms with van der Waals surface area (Å²) in [6, 6.07) is 8.07. The van der Waals surface area contributed by atoms with Gasteiger partial charge in [-0.3, -0.25) is 0 Å². The SMILES string of the molecule is CCOC(C)CCC/C=C/c1ccc(-c2ncc(O)cn2)cc1. The van der Waals surface area contributed by atoms with Crippen molar-refractivity contribution in [3.05, 3.63) is 48.3 Å². The summed E-state index contributed by atoms with van der Waals surface area (Å²) in [5.41, 5.74) is 2.10. The van der Waals surface area contributed by atoms with Crippen LogP contribution in [0.15, 0.2) is 42.7 Å². The number of hydrogen-bond acceptors (Lipinski definition) is 4. The average Bonchev–Trinajstić information content (AvgIpc) is 2.56. The van der Waals surface area contributed by atoms with Crippen LogP contribution >= 0.6 is 0 Å². The predicted octanol–water partition coefficient (Wildman–Crippen LogP) is 4.46. The first kappa shape index (κ1) is 17.2. The van der Waals surface area contributed by atoms with E-state index in [0.29, 0.717) is 11.9 Å². The second kappa shape index (κ2) is 9.06. The molecule has 1 aromatic heterocycles. The Bertz CT molecular complexity index is 606. The first-order chi connectivity index (χ1) is 11.2. The summed E-state index contributed by atoms with van der Waals surface area (Å²) >= 11 is 0. The summed E-state index contributed by atoms with van der Waals surface area (Å²) in [5.74, 6) is 0.690. The minimum Gasteiger partial charge on any atom is -0.505 e. The van der Waals surface area contributed by atoms with E-state index in [-0.39, 0.29) is 5.75 Å². The van der Waals surface area contributed by atoms with Crippen molar-refractivity contribution in [1.29, 1.82) is 0 Å². The molecule has 0 amide bonds. The number of aromatic hydroxyl groups is 1. The van der Waals surface area contributed by atoms with Crippen molar-refractivity contribution >= 4 is 6.08 Å². The highest BCUT2D eigenvalue weighted by molar-refractivity contribution is 5.59. The Hall–Kier alpha value is -2.20. The molecule has 0 aliphatic rings. The Balaban J connectivity index is 1.83. The Morgan fingerprint density at radius 1 is 1.17 bits per heavy atom. The van der Waals surface area contributed by atoms with Crippen LogP contribution in [-0.4, -0.2) is 27.8 Å². The van der Waals surface area contributed by atoms with Crippen molar-refractivity contribution in [3.8, 4) is 17.1 Å². The number of aromatic nitrogens is 2. The summed E-state index contributed by atoms with van der Waals surface area (Å²) < 4.78 is 5.52. The van der Waals surface area contributed by atoms with Gasteiger partial charge in [-0.1, -0.05) is 36.4 Å². The third kappa shape index (κ3) is 5.83. The number of rotatable bonds is 8. The lowest BCUT2D eigenvalue weighted by atomic mass is 10.1. The molecule has 2 aromatic rings. The van der Waals surface area contributed by atoms with Crippen molar-refractivity contribution in [2.24, 2.45) is 0 Å². The minimum absolute atomic E-state index is 0.0759. The fourth-order valence-corrected chi connectivity index (χ4v) is 2.32. The fraction of sp³-hybridized carbons (Fsp3) is 0.368. The predicted molar refractivity (Wildman–Crippen MR) is 93.1 cm³/mol. The third-order valence-corrected chi connectivity index (χ3v) is 3.55. The van der Waals surface area contributed by atoms with Crippen LogP contribution < -0.4 is 0 Å². The zero-order chi connectivity index (χ0) is 16.5. The van der Waals surface area contributed by atoms with Gasteiger partial charge in [-0.2, -0.15) is 0 Å². The molecule has 4 heteroatoms. The van der Waals surface area contributed by atoms with Crippen molar-refractivity contribution in [3.63, 3.8) is 0 Å². The Kier molecular flexibility index (Phi) is 6.76. The van der Waals surface area contributed by atoms with Crippen LogP contribution in [0.25, 0.3) is 17.5 Å². The molecule has 0 spiro atoms. The molecule has 1 atom stereocenters. The largest absolute Gasteiger partial charge is 0.505 e. The van der Waals surface area contributed by atoms with Crippen molar-refractivity contribution in [1.82, 2.24) is 9.97 Å². The van der Waals surface area contributed by atoms with Gasteiger partial charge >= 0.3 is 0 Å². The van der Waals surface area contributed by atoms with Crippen molar-refractivity contribution in [2.45, 2.75) is 39.2 Å². The number of nitrogens with zero attached hydrogens (tertiary/aromatic N) is 2. The molecule has 0 saturated carbocycles. The van der Waals surface area contributed by atoms with Crippen molar-refractivity contribution in [2.75, 3.05) is 6.61 Å². The maximum absolute atomic E-state index is 9.21. The van der Waals surface area contributed by atoms with E-state index in [1.54, 1.807) is 0 Å². The second-order valence-electron chi connectivity index (χ2n) is 5.49. The summed E-state index contributed by atoms with van der Waals surface area (Å²) in [4.78, 5) is 8.21. The molecule has 0 aliphatic carbocycles. The Morgan fingerprint density at radius 2 is 1.87 bits per heavy atom. The van der Waals surface area contributed by atoms with Gasteiger partial charge in [0, 0.05) is 12.2 Å². The molecular weight excluding hydrogens is 288 g/mol. The van der Waals surface area contributed by atoms with E-state index in [1.807, 2.05) is 31.2 Å². The standard InChI is InChI=1S/C19H24N2O2/c1-3-23-15(2)7-5-4-6-8-16-9-11-17(12-10-16)19-20-13-18(22)14-21-19/h6,8-15,22H,3-5,7H2,1-2H3/b8-6+. The Labute approximate surface area is 137 Å². The number of allylic oxidation sites excluding steroid dienone is 1. The van der Waals surface area contributed by atoms with E-state index < -0.39 is 0 Å². The zero-order valence-electron chi connectivity index (χ0n) is 13.8. The smallest absolute Gasteiger partial charge is 0.159 e. The van der Waals surface area contributed by atoms with Gasteiger partial charge in [0.25, 0.3) is 0 Å². The highest BCUT2D eigenvalue weighted by Crippen LogP contribution is 2.17. The molecule has 1 unspecified atom stereocenters. The molecule has 2 rings (SSSR count). The van der Waals surface area contributed by atoms with Crippen LogP contribution in [0.5, 0.6) is 5.75 Å². The van der Waals surface area contributed by atoms with E-state index in [2.05, 4.69) is 29.0 Å². The van der Waals surface area contributed by atoms with Gasteiger partial charge in [-0.15, -0.1) is 0 Å². The molecular formula is C19H24N2O2. The minimum atomic E-state index is 0.0759. The van der Waals surface area contributed by atoms with Crippen LogP contribution in [0.1, 0.15) is 38.7 Å². The van der Waals surface area contributed by atoms with Crippen LogP contribution in [0.4, 0.5) is 0 Å². The van der Waals surface area contributed by atoms with E-state index >= 15 is 0 Å². The monoisotopic (exact) mass is 312 g/mol. The number of ether oxygens (including phenoxy) is 1. The number of benzene rings is 1. The molecule has 0 aliphatic heterocycles. The second-order valence-corrected chi connectivity index (χ2v) is 5.49. The summed E-state index contributed by atoms with van der Waals surface area (Å²) in [6.45, 7) is 4.94. The molecule has 0 bridgehead atoms. The normalized spacial score (nSPS) is 12.6.